The molecule has 1 N–H and O–H groups in total. The number of piperidine rings is 1. The molecule has 0 aromatic carbocycles. The van der Waals surface area contributed by atoms with Crippen LogP contribution in [0.3, 0.4) is 0 Å². The molecule has 1 aliphatic heterocycles. The first kappa shape index (κ1) is 14.2. The first-order chi connectivity index (χ1) is 10.3. The van der Waals surface area contributed by atoms with Gasteiger partial charge in [0.25, 0.3) is 0 Å². The summed E-state index contributed by atoms with van der Waals surface area (Å²) < 4.78 is 5.18. The van der Waals surface area contributed by atoms with E-state index in [0.29, 0.717) is 12.4 Å². The number of hydrogen-bond acceptors (Lipinski definition) is 5. The minimum Gasteiger partial charge on any atom is -0.481 e. The number of fused-ring (bicyclic) bond motifs is 1. The van der Waals surface area contributed by atoms with Crippen molar-refractivity contribution in [3.05, 3.63) is 30.0 Å². The fraction of sp³-hybridized carbons (Fsp3) is 0.500. The lowest BCUT2D eigenvalue weighted by Crippen LogP contribution is -2.33. The van der Waals surface area contributed by atoms with Gasteiger partial charge in [-0.3, -0.25) is 4.98 Å². The van der Waals surface area contributed by atoms with Crippen LogP contribution in [0.2, 0.25) is 0 Å². The van der Waals surface area contributed by atoms with Gasteiger partial charge in [0, 0.05) is 24.4 Å². The third-order valence-corrected chi connectivity index (χ3v) is 4.04. The van der Waals surface area contributed by atoms with Gasteiger partial charge in [-0.05, 0) is 38.1 Å². The lowest BCUT2D eigenvalue weighted by atomic mass is 10.1. The molecule has 2 aromatic rings. The van der Waals surface area contributed by atoms with E-state index in [9.17, 15) is 5.11 Å². The summed E-state index contributed by atoms with van der Waals surface area (Å²) in [6.45, 7) is 2.78. The number of aliphatic hydroxyl groups is 1. The van der Waals surface area contributed by atoms with Gasteiger partial charge in [-0.2, -0.15) is 0 Å². The molecule has 0 unspecified atom stereocenters. The number of ether oxygens (including phenoxy) is 1. The van der Waals surface area contributed by atoms with E-state index in [1.165, 1.54) is 19.3 Å². The number of rotatable bonds is 4. The average molecular weight is 287 g/mol. The second-order valence-electron chi connectivity index (χ2n) is 5.50. The normalized spacial score (nSPS) is 17.8. The summed E-state index contributed by atoms with van der Waals surface area (Å²) in [5, 5.41) is 10.6. The minimum absolute atomic E-state index is 0.543. The fourth-order valence-corrected chi connectivity index (χ4v) is 2.89. The molecule has 1 fully saturated rings. The summed E-state index contributed by atoms with van der Waals surface area (Å²) >= 11 is 0. The number of likely N-dealkylation sites (tertiary alicyclic amines) is 1. The first-order valence-electron chi connectivity index (χ1n) is 7.48. The Labute approximate surface area is 124 Å². The van der Waals surface area contributed by atoms with E-state index in [1.54, 1.807) is 19.4 Å². The quantitative estimate of drug-likeness (QED) is 0.934. The van der Waals surface area contributed by atoms with Crippen molar-refractivity contribution in [2.75, 3.05) is 26.7 Å². The van der Waals surface area contributed by atoms with E-state index < -0.39 is 6.10 Å². The molecule has 1 saturated heterocycles. The molecular weight excluding hydrogens is 266 g/mol. The van der Waals surface area contributed by atoms with E-state index in [2.05, 4.69) is 14.9 Å². The first-order valence-corrected chi connectivity index (χ1v) is 7.48. The Kier molecular flexibility index (Phi) is 4.31. The Hall–Kier alpha value is -1.72. The molecule has 0 radical (unpaired) electrons. The fourth-order valence-electron chi connectivity index (χ4n) is 2.89. The van der Waals surface area contributed by atoms with Gasteiger partial charge in [0.1, 0.15) is 0 Å². The van der Waals surface area contributed by atoms with Gasteiger partial charge < -0.3 is 14.7 Å². The lowest BCUT2D eigenvalue weighted by Gasteiger charge is -2.28. The Morgan fingerprint density at radius 1 is 1.24 bits per heavy atom. The van der Waals surface area contributed by atoms with Crippen molar-refractivity contribution in [1.29, 1.82) is 0 Å². The molecule has 112 valence electrons. The number of hydrogen-bond donors (Lipinski definition) is 1. The number of aromatic nitrogens is 2. The van der Waals surface area contributed by atoms with Crippen LogP contribution >= 0.6 is 0 Å². The van der Waals surface area contributed by atoms with Crippen LogP contribution in [0.4, 0.5) is 0 Å². The predicted octanol–water partition coefficient (Wildman–Crippen LogP) is 2.16. The van der Waals surface area contributed by atoms with Crippen LogP contribution in [0.15, 0.2) is 24.4 Å². The van der Waals surface area contributed by atoms with Crippen molar-refractivity contribution in [2.45, 2.75) is 25.4 Å². The van der Waals surface area contributed by atoms with Crippen molar-refractivity contribution in [3.63, 3.8) is 0 Å². The van der Waals surface area contributed by atoms with Gasteiger partial charge >= 0.3 is 0 Å². The molecule has 1 atom stereocenters. The molecule has 0 saturated carbocycles. The highest BCUT2D eigenvalue weighted by molar-refractivity contribution is 5.78. The zero-order valence-corrected chi connectivity index (χ0v) is 12.3. The van der Waals surface area contributed by atoms with E-state index in [1.807, 2.05) is 12.1 Å². The van der Waals surface area contributed by atoms with E-state index >= 15 is 0 Å². The maximum atomic E-state index is 10.6. The van der Waals surface area contributed by atoms with Crippen LogP contribution in [0.5, 0.6) is 5.88 Å². The van der Waals surface area contributed by atoms with Crippen LogP contribution < -0.4 is 4.74 Å². The molecule has 1 aliphatic rings. The number of aliphatic hydroxyl groups excluding tert-OH is 1. The molecule has 2 aromatic heterocycles. The number of methoxy groups -OCH3 is 1. The topological polar surface area (TPSA) is 58.5 Å². The monoisotopic (exact) mass is 287 g/mol. The van der Waals surface area contributed by atoms with Crippen LogP contribution in [0.1, 0.15) is 30.9 Å². The summed E-state index contributed by atoms with van der Waals surface area (Å²) in [7, 11) is 1.59. The second-order valence-corrected chi connectivity index (χ2v) is 5.50. The molecule has 5 heteroatoms. The van der Waals surface area contributed by atoms with E-state index in [0.717, 1.165) is 29.7 Å². The molecule has 21 heavy (non-hydrogen) atoms. The zero-order chi connectivity index (χ0) is 14.7. The lowest BCUT2D eigenvalue weighted by molar-refractivity contribution is 0.102. The van der Waals surface area contributed by atoms with Gasteiger partial charge in [0.15, 0.2) is 0 Å². The van der Waals surface area contributed by atoms with Crippen molar-refractivity contribution in [2.24, 2.45) is 0 Å². The van der Waals surface area contributed by atoms with Crippen molar-refractivity contribution in [3.8, 4) is 5.88 Å². The molecular formula is C16H21N3O2. The molecule has 0 aliphatic carbocycles. The SMILES string of the molecule is COc1ccc2nccc([C@@H](O)CN3CCCCC3)c2n1. The van der Waals surface area contributed by atoms with Gasteiger partial charge in [-0.1, -0.05) is 6.42 Å². The van der Waals surface area contributed by atoms with E-state index in [-0.39, 0.29) is 0 Å². The summed E-state index contributed by atoms with van der Waals surface area (Å²) in [5.74, 6) is 0.543. The number of pyridine rings is 2. The zero-order valence-electron chi connectivity index (χ0n) is 12.3. The van der Waals surface area contributed by atoms with Crippen LogP contribution in [-0.2, 0) is 0 Å². The third kappa shape index (κ3) is 3.14. The molecule has 3 rings (SSSR count). The molecule has 5 nitrogen and oxygen atoms in total. The highest BCUT2D eigenvalue weighted by Crippen LogP contribution is 2.24. The minimum atomic E-state index is -0.548. The second kappa shape index (κ2) is 6.37. The largest absolute Gasteiger partial charge is 0.481 e. The maximum absolute atomic E-state index is 10.6. The summed E-state index contributed by atoms with van der Waals surface area (Å²) in [5.41, 5.74) is 2.33. The number of β-amino-alcohol motifs (C(OH)–C–C–N with tert-alkyl or cyclic N) is 1. The number of nitrogens with zero attached hydrogens (tertiary/aromatic N) is 3. The van der Waals surface area contributed by atoms with Crippen LogP contribution in [-0.4, -0.2) is 46.7 Å². The summed E-state index contributed by atoms with van der Waals surface area (Å²) in [6.07, 6.45) is 4.91. The molecule has 3 heterocycles. The summed E-state index contributed by atoms with van der Waals surface area (Å²) in [4.78, 5) is 11.1. The van der Waals surface area contributed by atoms with Crippen molar-refractivity contribution in [1.82, 2.24) is 14.9 Å². The maximum Gasteiger partial charge on any atom is 0.213 e. The van der Waals surface area contributed by atoms with Crippen molar-refractivity contribution >= 4 is 11.0 Å². The third-order valence-electron chi connectivity index (χ3n) is 4.04. The Balaban J connectivity index is 1.87. The summed E-state index contributed by atoms with van der Waals surface area (Å²) in [6, 6.07) is 5.51. The Morgan fingerprint density at radius 3 is 2.81 bits per heavy atom. The van der Waals surface area contributed by atoms with Crippen molar-refractivity contribution < 1.29 is 9.84 Å². The smallest absolute Gasteiger partial charge is 0.213 e. The Bertz CT molecular complexity index is 611. The van der Waals surface area contributed by atoms with Gasteiger partial charge in [-0.25, -0.2) is 4.98 Å². The molecule has 0 bridgehead atoms. The molecule has 0 amide bonds. The van der Waals surface area contributed by atoms with Gasteiger partial charge in [-0.15, -0.1) is 0 Å². The predicted molar refractivity (Wildman–Crippen MR) is 81.3 cm³/mol. The van der Waals surface area contributed by atoms with Gasteiger partial charge in [0.05, 0.1) is 24.2 Å². The highest BCUT2D eigenvalue weighted by Gasteiger charge is 2.18. The van der Waals surface area contributed by atoms with Crippen LogP contribution in [0.25, 0.3) is 11.0 Å². The standard InChI is InChI=1S/C16H21N3O2/c1-21-15-6-5-13-16(18-15)12(7-8-17-13)14(20)11-19-9-3-2-4-10-19/h5-8,14,20H,2-4,9-11H2,1H3/t14-/m0/s1. The van der Waals surface area contributed by atoms with Gasteiger partial charge in [0.2, 0.25) is 5.88 Å². The average Bonchev–Trinajstić information content (AvgIpc) is 2.54. The van der Waals surface area contributed by atoms with Crippen LogP contribution in [0, 0.1) is 0 Å². The molecule has 0 spiro atoms. The van der Waals surface area contributed by atoms with E-state index in [4.69, 9.17) is 4.74 Å². The Morgan fingerprint density at radius 2 is 2.05 bits per heavy atom. The highest BCUT2D eigenvalue weighted by atomic mass is 16.5.